The van der Waals surface area contributed by atoms with Gasteiger partial charge in [0.2, 0.25) is 5.91 Å². The summed E-state index contributed by atoms with van der Waals surface area (Å²) in [4.78, 5) is 12.0. The number of nitrogens with zero attached hydrogens (tertiary/aromatic N) is 2. The van der Waals surface area contributed by atoms with E-state index in [9.17, 15) is 18.0 Å². The lowest BCUT2D eigenvalue weighted by molar-refractivity contribution is -0.113. The first kappa shape index (κ1) is 21.1. The van der Waals surface area contributed by atoms with Gasteiger partial charge in [-0.2, -0.15) is 0 Å². The first-order chi connectivity index (χ1) is 13.3. The van der Waals surface area contributed by atoms with Crippen molar-refractivity contribution in [1.82, 2.24) is 9.78 Å². The van der Waals surface area contributed by atoms with Gasteiger partial charge in [-0.1, -0.05) is 46.3 Å². The van der Waals surface area contributed by atoms with Crippen molar-refractivity contribution in [2.24, 2.45) is 0 Å². The molecular formula is C16H8Cl2F3N3OS3. The molecule has 0 aliphatic heterocycles. The van der Waals surface area contributed by atoms with Crippen molar-refractivity contribution in [3.63, 3.8) is 0 Å². The number of hydrogen-bond donors (Lipinski definition) is 1. The minimum atomic E-state index is -1.65. The smallest absolute Gasteiger partial charge is 0.234 e. The summed E-state index contributed by atoms with van der Waals surface area (Å²) in [5.41, 5.74) is 0.161. The maximum absolute atomic E-state index is 13.6. The van der Waals surface area contributed by atoms with Crippen LogP contribution in [0, 0.1) is 21.4 Å². The normalized spacial score (nSPS) is 10.9. The molecule has 0 spiro atoms. The Bertz CT molecular complexity index is 1120. The predicted molar refractivity (Wildman–Crippen MR) is 108 cm³/mol. The zero-order valence-corrected chi connectivity index (χ0v) is 17.5. The van der Waals surface area contributed by atoms with E-state index in [-0.39, 0.29) is 5.75 Å². The lowest BCUT2D eigenvalue weighted by atomic mass is 10.3. The predicted octanol–water partition coefficient (Wildman–Crippen LogP) is 6.12. The van der Waals surface area contributed by atoms with E-state index in [0.29, 0.717) is 24.0 Å². The van der Waals surface area contributed by atoms with Crippen LogP contribution in [-0.4, -0.2) is 21.4 Å². The molecule has 12 heteroatoms. The average Bonchev–Trinajstić information content (AvgIpc) is 3.03. The summed E-state index contributed by atoms with van der Waals surface area (Å²) in [6.07, 6.45) is 0. The van der Waals surface area contributed by atoms with Crippen LogP contribution < -0.4 is 5.32 Å². The maximum Gasteiger partial charge on any atom is 0.234 e. The van der Waals surface area contributed by atoms with E-state index < -0.39 is 29.0 Å². The second-order valence-corrected chi connectivity index (χ2v) is 8.86. The van der Waals surface area contributed by atoms with Crippen LogP contribution in [0.5, 0.6) is 0 Å². The molecule has 1 N–H and O–H groups in total. The highest BCUT2D eigenvalue weighted by atomic mass is 35.5. The molecule has 0 radical (unpaired) electrons. The summed E-state index contributed by atoms with van der Waals surface area (Å²) >= 11 is 19.4. The van der Waals surface area contributed by atoms with Crippen LogP contribution in [0.1, 0.15) is 0 Å². The van der Waals surface area contributed by atoms with Gasteiger partial charge in [-0.05, 0) is 42.5 Å². The highest BCUT2D eigenvalue weighted by Crippen LogP contribution is 2.28. The van der Waals surface area contributed by atoms with Gasteiger partial charge in [0.1, 0.15) is 0 Å². The molecular weight excluding hydrogens is 474 g/mol. The molecule has 0 unspecified atom stereocenters. The number of anilines is 1. The molecule has 3 rings (SSSR count). The fourth-order valence-electron chi connectivity index (χ4n) is 2.04. The highest BCUT2D eigenvalue weighted by molar-refractivity contribution is 8.01. The fourth-order valence-corrected chi connectivity index (χ4v) is 4.49. The molecule has 146 valence electrons. The molecule has 1 heterocycles. The molecule has 3 aromatic rings. The zero-order valence-electron chi connectivity index (χ0n) is 13.5. The first-order valence-electron chi connectivity index (χ1n) is 7.38. The van der Waals surface area contributed by atoms with Gasteiger partial charge in [0.15, 0.2) is 25.7 Å². The van der Waals surface area contributed by atoms with E-state index in [4.69, 9.17) is 35.4 Å². The van der Waals surface area contributed by atoms with E-state index in [1.165, 1.54) is 4.68 Å². The Balaban J connectivity index is 1.68. The van der Waals surface area contributed by atoms with Crippen LogP contribution in [0.4, 0.5) is 18.9 Å². The van der Waals surface area contributed by atoms with E-state index in [1.807, 2.05) is 0 Å². The second-order valence-electron chi connectivity index (χ2n) is 5.20. The lowest BCUT2D eigenvalue weighted by Gasteiger charge is -2.06. The summed E-state index contributed by atoms with van der Waals surface area (Å²) in [6, 6.07) is 6.57. The van der Waals surface area contributed by atoms with Crippen molar-refractivity contribution < 1.29 is 18.0 Å². The van der Waals surface area contributed by atoms with Crippen LogP contribution in [0.3, 0.4) is 0 Å². The van der Waals surface area contributed by atoms with Gasteiger partial charge in [-0.3, -0.25) is 4.79 Å². The molecule has 0 bridgehead atoms. The van der Waals surface area contributed by atoms with Gasteiger partial charge in [0.25, 0.3) is 0 Å². The summed E-state index contributed by atoms with van der Waals surface area (Å²) in [7, 11) is 0. The Hall–Kier alpha value is -1.59. The van der Waals surface area contributed by atoms with Crippen molar-refractivity contribution in [3.05, 3.63) is 61.8 Å². The Kier molecular flexibility index (Phi) is 6.66. The molecule has 0 fully saturated rings. The molecule has 0 saturated heterocycles. The number of rotatable bonds is 5. The Labute approximate surface area is 180 Å². The molecule has 1 aromatic heterocycles. The SMILES string of the molecule is O=C(CSc1nn(-c2ccc(Cl)c(Cl)c2)c(=S)s1)Nc1ccc(F)c(F)c1F. The first-order valence-corrected chi connectivity index (χ1v) is 10.3. The third-order valence-electron chi connectivity index (χ3n) is 3.31. The van der Waals surface area contributed by atoms with Crippen molar-refractivity contribution in [1.29, 1.82) is 0 Å². The largest absolute Gasteiger partial charge is 0.323 e. The molecule has 4 nitrogen and oxygen atoms in total. The Morgan fingerprint density at radius 2 is 1.93 bits per heavy atom. The number of thioether (sulfide) groups is 1. The number of amides is 1. The fraction of sp³-hybridized carbons (Fsp3) is 0.0625. The van der Waals surface area contributed by atoms with E-state index in [1.54, 1.807) is 18.2 Å². The molecule has 0 aliphatic rings. The number of carbonyl (C=O) groups excluding carboxylic acids is 1. The molecule has 28 heavy (non-hydrogen) atoms. The maximum atomic E-state index is 13.6. The molecule has 0 saturated carbocycles. The third-order valence-corrected chi connectivity index (χ3v) is 6.42. The monoisotopic (exact) mass is 481 g/mol. The number of nitrogens with one attached hydrogen (secondary N) is 1. The Morgan fingerprint density at radius 1 is 1.18 bits per heavy atom. The van der Waals surface area contributed by atoms with Gasteiger partial charge in [0, 0.05) is 0 Å². The van der Waals surface area contributed by atoms with Crippen LogP contribution in [-0.2, 0) is 4.79 Å². The van der Waals surface area contributed by atoms with Gasteiger partial charge < -0.3 is 5.32 Å². The van der Waals surface area contributed by atoms with Crippen molar-refractivity contribution in [2.45, 2.75) is 4.34 Å². The summed E-state index contributed by atoms with van der Waals surface area (Å²) < 4.78 is 42.1. The van der Waals surface area contributed by atoms with Gasteiger partial charge in [-0.15, -0.1) is 5.10 Å². The number of benzene rings is 2. The van der Waals surface area contributed by atoms with Crippen LogP contribution >= 0.6 is 58.5 Å². The van der Waals surface area contributed by atoms with Gasteiger partial charge >= 0.3 is 0 Å². The zero-order chi connectivity index (χ0) is 20.4. The number of carbonyl (C=O) groups is 1. The number of halogens is 5. The number of hydrogen-bond acceptors (Lipinski definition) is 5. The van der Waals surface area contributed by atoms with Crippen LogP contribution in [0.2, 0.25) is 10.0 Å². The molecule has 0 atom stereocenters. The van der Waals surface area contributed by atoms with Crippen molar-refractivity contribution in [2.75, 3.05) is 11.1 Å². The highest BCUT2D eigenvalue weighted by Gasteiger charge is 2.16. The number of aromatic nitrogens is 2. The molecule has 0 aliphatic carbocycles. The average molecular weight is 482 g/mol. The molecule has 1 amide bonds. The van der Waals surface area contributed by atoms with Crippen molar-refractivity contribution in [3.8, 4) is 5.69 Å². The standard InChI is InChI=1S/C16H8Cl2F3N3OS3/c17-8-2-1-7(5-9(8)18)24-16(26)28-15(23-24)27-6-12(25)22-11-4-3-10(19)13(20)14(11)21/h1-5H,6H2,(H,22,25). The summed E-state index contributed by atoms with van der Waals surface area (Å²) in [5, 5.41) is 7.22. The van der Waals surface area contributed by atoms with Crippen LogP contribution in [0.25, 0.3) is 5.69 Å². The van der Waals surface area contributed by atoms with Crippen LogP contribution in [0.15, 0.2) is 34.7 Å². The van der Waals surface area contributed by atoms with E-state index >= 15 is 0 Å². The Morgan fingerprint density at radius 3 is 2.64 bits per heavy atom. The molecule has 2 aromatic carbocycles. The minimum absolute atomic E-state index is 0.137. The topological polar surface area (TPSA) is 46.9 Å². The second kappa shape index (κ2) is 8.83. The lowest BCUT2D eigenvalue weighted by Crippen LogP contribution is -2.15. The minimum Gasteiger partial charge on any atom is -0.323 e. The summed E-state index contributed by atoms with van der Waals surface area (Å²) in [6.45, 7) is 0. The summed E-state index contributed by atoms with van der Waals surface area (Å²) in [5.74, 6) is -5.20. The van der Waals surface area contributed by atoms with Gasteiger partial charge in [0.05, 0.1) is 27.2 Å². The quantitative estimate of drug-likeness (QED) is 0.271. The van der Waals surface area contributed by atoms with E-state index in [0.717, 1.165) is 35.2 Å². The third kappa shape index (κ3) is 4.69. The van der Waals surface area contributed by atoms with Crippen molar-refractivity contribution >= 4 is 70.1 Å². The van der Waals surface area contributed by atoms with E-state index in [2.05, 4.69) is 10.4 Å². The van der Waals surface area contributed by atoms with Gasteiger partial charge in [-0.25, -0.2) is 17.9 Å².